The highest BCUT2D eigenvalue weighted by atomic mass is 32.2. The van der Waals surface area contributed by atoms with E-state index in [9.17, 15) is 8.42 Å². The van der Waals surface area contributed by atoms with E-state index in [0.717, 1.165) is 22.6 Å². The van der Waals surface area contributed by atoms with Gasteiger partial charge < -0.3 is 4.42 Å². The zero-order valence-corrected chi connectivity index (χ0v) is 14.3. The van der Waals surface area contributed by atoms with Crippen LogP contribution in [0, 0.1) is 0 Å². The minimum Gasteiger partial charge on any atom is -0.459 e. The molecule has 3 aromatic rings. The number of hydrogen-bond donors (Lipinski definition) is 1. The minimum atomic E-state index is -3.54. The van der Waals surface area contributed by atoms with Gasteiger partial charge in [-0.15, -0.1) is 11.3 Å². The summed E-state index contributed by atoms with van der Waals surface area (Å²) in [4.78, 5) is 1.29. The zero-order chi connectivity index (χ0) is 16.3. The quantitative estimate of drug-likeness (QED) is 0.732. The number of benzene rings is 1. The number of rotatable bonds is 6. The average molecular weight is 347 g/mol. The first kappa shape index (κ1) is 16.0. The van der Waals surface area contributed by atoms with E-state index < -0.39 is 10.0 Å². The fourth-order valence-electron chi connectivity index (χ4n) is 2.18. The van der Waals surface area contributed by atoms with E-state index in [1.807, 2.05) is 42.6 Å². The van der Waals surface area contributed by atoms with Gasteiger partial charge in [-0.25, -0.2) is 13.1 Å². The highest BCUT2D eigenvalue weighted by molar-refractivity contribution is 7.89. The van der Waals surface area contributed by atoms with Crippen LogP contribution in [0.15, 0.2) is 63.2 Å². The number of hydrogen-bond acceptors (Lipinski definition) is 4. The van der Waals surface area contributed by atoms with Crippen LogP contribution >= 0.6 is 11.3 Å². The second-order valence-electron chi connectivity index (χ2n) is 5.07. The lowest BCUT2D eigenvalue weighted by Crippen LogP contribution is -2.22. The molecule has 0 aliphatic carbocycles. The second-order valence-corrected chi connectivity index (χ2v) is 7.78. The molecule has 0 aliphatic rings. The van der Waals surface area contributed by atoms with E-state index in [4.69, 9.17) is 4.42 Å². The lowest BCUT2D eigenvalue weighted by atomic mass is 10.2. The molecule has 2 heterocycles. The first-order chi connectivity index (χ1) is 11.1. The predicted octanol–water partition coefficient (Wildman–Crippen LogP) is 4.05. The highest BCUT2D eigenvalue weighted by Gasteiger charge is 2.15. The fourth-order valence-corrected chi connectivity index (χ4v) is 3.86. The van der Waals surface area contributed by atoms with Crippen LogP contribution in [0.1, 0.15) is 18.2 Å². The summed E-state index contributed by atoms with van der Waals surface area (Å²) in [5, 5.41) is 1.97. The first-order valence-electron chi connectivity index (χ1n) is 7.29. The van der Waals surface area contributed by atoms with Crippen molar-refractivity contribution < 1.29 is 12.8 Å². The van der Waals surface area contributed by atoms with Crippen molar-refractivity contribution in [2.45, 2.75) is 24.8 Å². The van der Waals surface area contributed by atoms with Crippen molar-refractivity contribution >= 4 is 21.4 Å². The molecule has 4 nitrogen and oxygen atoms in total. The van der Waals surface area contributed by atoms with Gasteiger partial charge in [0.25, 0.3) is 0 Å². The maximum atomic E-state index is 12.3. The molecule has 3 rings (SSSR count). The molecule has 2 aromatic heterocycles. The van der Waals surface area contributed by atoms with Crippen LogP contribution in [0.5, 0.6) is 0 Å². The average Bonchev–Trinajstić information content (AvgIpc) is 3.24. The van der Waals surface area contributed by atoms with Crippen molar-refractivity contribution in [1.29, 1.82) is 0 Å². The van der Waals surface area contributed by atoms with Crippen LogP contribution < -0.4 is 4.72 Å². The maximum Gasteiger partial charge on any atom is 0.240 e. The van der Waals surface area contributed by atoms with Gasteiger partial charge in [0.2, 0.25) is 10.0 Å². The van der Waals surface area contributed by atoms with Gasteiger partial charge in [0.15, 0.2) is 0 Å². The molecule has 6 heteroatoms. The van der Waals surface area contributed by atoms with Crippen LogP contribution in [0.3, 0.4) is 0 Å². The molecular formula is C17H17NO3S2. The molecule has 0 saturated heterocycles. The lowest BCUT2D eigenvalue weighted by Gasteiger charge is -2.06. The molecule has 0 atom stereocenters. The van der Waals surface area contributed by atoms with Gasteiger partial charge in [0, 0.05) is 0 Å². The van der Waals surface area contributed by atoms with Gasteiger partial charge in [-0.2, -0.15) is 0 Å². The third-order valence-corrected chi connectivity index (χ3v) is 5.81. The number of sulfonamides is 1. The van der Waals surface area contributed by atoms with E-state index in [0.29, 0.717) is 5.76 Å². The topological polar surface area (TPSA) is 59.3 Å². The molecule has 0 radical (unpaired) electrons. The van der Waals surface area contributed by atoms with Crippen molar-refractivity contribution in [3.8, 4) is 10.6 Å². The van der Waals surface area contributed by atoms with E-state index in [1.165, 1.54) is 0 Å². The van der Waals surface area contributed by atoms with E-state index >= 15 is 0 Å². The molecule has 120 valence electrons. The highest BCUT2D eigenvalue weighted by Crippen LogP contribution is 2.26. The first-order valence-corrected chi connectivity index (χ1v) is 9.66. The van der Waals surface area contributed by atoms with Crippen molar-refractivity contribution in [3.05, 3.63) is 65.2 Å². The number of thiophene rings is 1. The van der Waals surface area contributed by atoms with Gasteiger partial charge >= 0.3 is 0 Å². The Balaban J connectivity index is 1.69. The number of nitrogens with one attached hydrogen (secondary N) is 1. The summed E-state index contributed by atoms with van der Waals surface area (Å²) in [6, 6.07) is 14.5. The molecule has 0 bridgehead atoms. The molecule has 1 N–H and O–H groups in total. The Morgan fingerprint density at radius 1 is 1.09 bits per heavy atom. The predicted molar refractivity (Wildman–Crippen MR) is 91.9 cm³/mol. The number of aryl methyl sites for hydroxylation is 1. The third-order valence-electron chi connectivity index (χ3n) is 3.50. The van der Waals surface area contributed by atoms with Crippen LogP contribution in [-0.2, 0) is 23.0 Å². The second kappa shape index (κ2) is 6.70. The monoisotopic (exact) mass is 347 g/mol. The van der Waals surface area contributed by atoms with E-state index in [-0.39, 0.29) is 11.4 Å². The normalized spacial score (nSPS) is 11.7. The van der Waals surface area contributed by atoms with Gasteiger partial charge in [-0.1, -0.05) is 25.1 Å². The van der Waals surface area contributed by atoms with Gasteiger partial charge in [-0.3, -0.25) is 0 Å². The lowest BCUT2D eigenvalue weighted by molar-refractivity contribution is 0.510. The van der Waals surface area contributed by atoms with Crippen LogP contribution in [-0.4, -0.2) is 8.42 Å². The largest absolute Gasteiger partial charge is 0.459 e. The Hall–Kier alpha value is -1.89. The maximum absolute atomic E-state index is 12.3. The van der Waals surface area contributed by atoms with Gasteiger partial charge in [0.05, 0.1) is 16.3 Å². The molecule has 23 heavy (non-hydrogen) atoms. The van der Waals surface area contributed by atoms with Crippen molar-refractivity contribution in [3.63, 3.8) is 0 Å². The van der Waals surface area contributed by atoms with Crippen molar-refractivity contribution in [1.82, 2.24) is 4.72 Å². The Bertz CT molecular complexity index is 863. The van der Waals surface area contributed by atoms with Gasteiger partial charge in [0.1, 0.15) is 11.5 Å². The SMILES string of the molecule is CCc1ccc(S(=O)(=O)NCc2ccc(-c3cccs3)o2)cc1. The van der Waals surface area contributed by atoms with Crippen LogP contribution in [0.4, 0.5) is 0 Å². The van der Waals surface area contributed by atoms with E-state index in [1.54, 1.807) is 29.5 Å². The van der Waals surface area contributed by atoms with Crippen molar-refractivity contribution in [2.75, 3.05) is 0 Å². The summed E-state index contributed by atoms with van der Waals surface area (Å²) in [6.07, 6.45) is 0.881. The Morgan fingerprint density at radius 2 is 1.87 bits per heavy atom. The molecule has 0 unspecified atom stereocenters. The Morgan fingerprint density at radius 3 is 2.52 bits per heavy atom. The van der Waals surface area contributed by atoms with E-state index in [2.05, 4.69) is 4.72 Å². The molecule has 0 spiro atoms. The molecule has 0 saturated carbocycles. The summed E-state index contributed by atoms with van der Waals surface area (Å²) in [7, 11) is -3.54. The Labute approximate surface area is 139 Å². The zero-order valence-electron chi connectivity index (χ0n) is 12.7. The molecule has 0 fully saturated rings. The Kier molecular flexibility index (Phi) is 4.66. The van der Waals surface area contributed by atoms with Gasteiger partial charge in [-0.05, 0) is 47.7 Å². The number of furan rings is 1. The summed E-state index contributed by atoms with van der Waals surface area (Å²) in [5.41, 5.74) is 1.11. The molecule has 1 aromatic carbocycles. The summed E-state index contributed by atoms with van der Waals surface area (Å²) in [5.74, 6) is 1.34. The standard InChI is InChI=1S/C17H17NO3S2/c1-2-13-5-8-15(9-6-13)23(19,20)18-12-14-7-10-16(21-14)17-4-3-11-22-17/h3-11,18H,2,12H2,1H3. The fraction of sp³-hybridized carbons (Fsp3) is 0.176. The van der Waals surface area contributed by atoms with Crippen molar-refractivity contribution in [2.24, 2.45) is 0 Å². The molecular weight excluding hydrogens is 330 g/mol. The smallest absolute Gasteiger partial charge is 0.240 e. The molecule has 0 amide bonds. The van der Waals surface area contributed by atoms with Crippen LogP contribution in [0.2, 0.25) is 0 Å². The molecule has 0 aliphatic heterocycles. The summed E-state index contributed by atoms with van der Waals surface area (Å²) in [6.45, 7) is 2.16. The van der Waals surface area contributed by atoms with Crippen LogP contribution in [0.25, 0.3) is 10.6 Å². The third kappa shape index (κ3) is 3.72. The minimum absolute atomic E-state index is 0.128. The summed E-state index contributed by atoms with van der Waals surface area (Å²) >= 11 is 1.58. The summed E-state index contributed by atoms with van der Waals surface area (Å²) < 4.78 is 32.8.